The van der Waals surface area contributed by atoms with Gasteiger partial charge in [0, 0.05) is 19.0 Å². The molecule has 1 N–H and O–H groups in total. The molecule has 2 atom stereocenters. The second-order valence-electron chi connectivity index (χ2n) is 6.00. The van der Waals surface area contributed by atoms with E-state index in [-0.39, 0.29) is 17.7 Å². The van der Waals surface area contributed by atoms with Gasteiger partial charge in [0.05, 0.1) is 6.04 Å². The molecule has 0 saturated carbocycles. The third-order valence-corrected chi connectivity index (χ3v) is 4.12. The average molecular weight is 350 g/mol. The molecular weight excluding hydrogens is 330 g/mol. The highest BCUT2D eigenvalue weighted by atomic mass is 19.2. The smallest absolute Gasteiger partial charge is 0.261 e. The maximum Gasteiger partial charge on any atom is 0.261 e. The number of rotatable bonds is 5. The topological polar surface area (TPSA) is 69.0 Å². The first-order chi connectivity index (χ1) is 12.0. The Morgan fingerprint density at radius 1 is 1.44 bits per heavy atom. The molecule has 6 nitrogen and oxygen atoms in total. The largest absolute Gasteiger partial charge is 0.481 e. The molecule has 1 aromatic carbocycles. The van der Waals surface area contributed by atoms with Crippen molar-refractivity contribution in [3.63, 3.8) is 0 Å². The average Bonchev–Trinajstić information content (AvgIpc) is 3.02. The molecule has 134 valence electrons. The molecule has 2 heterocycles. The molecule has 1 aliphatic rings. The Kier molecular flexibility index (Phi) is 4.96. The van der Waals surface area contributed by atoms with Crippen LogP contribution in [0.1, 0.15) is 44.4 Å². The van der Waals surface area contributed by atoms with E-state index in [1.54, 1.807) is 6.92 Å². The van der Waals surface area contributed by atoms with Gasteiger partial charge in [0.1, 0.15) is 11.6 Å². The third-order valence-electron chi connectivity index (χ3n) is 4.12. The van der Waals surface area contributed by atoms with Gasteiger partial charge in [-0.25, -0.2) is 18.4 Å². The molecule has 0 unspecified atom stereocenters. The lowest BCUT2D eigenvalue weighted by molar-refractivity contribution is -0.128. The summed E-state index contributed by atoms with van der Waals surface area (Å²) in [6, 6.07) is 2.94. The number of carbonyl (C=O) groups is 1. The SMILES string of the molecule is CCc1nc2n(n1)CCC[C@H]2NC(=O)[C@H](C)Oc1ccc(F)c(F)c1. The van der Waals surface area contributed by atoms with Crippen LogP contribution in [0.25, 0.3) is 0 Å². The molecule has 0 fully saturated rings. The van der Waals surface area contributed by atoms with Crippen LogP contribution in [0.2, 0.25) is 0 Å². The van der Waals surface area contributed by atoms with Crippen molar-refractivity contribution >= 4 is 5.91 Å². The molecule has 25 heavy (non-hydrogen) atoms. The quantitative estimate of drug-likeness (QED) is 0.900. The van der Waals surface area contributed by atoms with Gasteiger partial charge in [-0.15, -0.1) is 0 Å². The van der Waals surface area contributed by atoms with Crippen molar-refractivity contribution in [3.05, 3.63) is 41.5 Å². The number of nitrogens with one attached hydrogen (secondary N) is 1. The summed E-state index contributed by atoms with van der Waals surface area (Å²) in [7, 11) is 0. The van der Waals surface area contributed by atoms with Gasteiger partial charge in [-0.05, 0) is 31.9 Å². The van der Waals surface area contributed by atoms with Gasteiger partial charge in [-0.3, -0.25) is 4.79 Å². The van der Waals surface area contributed by atoms with Crippen molar-refractivity contribution in [1.29, 1.82) is 0 Å². The van der Waals surface area contributed by atoms with Gasteiger partial charge in [0.15, 0.2) is 23.6 Å². The van der Waals surface area contributed by atoms with E-state index < -0.39 is 17.7 Å². The number of carbonyl (C=O) groups excluding carboxylic acids is 1. The van der Waals surface area contributed by atoms with Crippen LogP contribution in [-0.4, -0.2) is 26.8 Å². The maximum absolute atomic E-state index is 13.2. The maximum atomic E-state index is 13.2. The lowest BCUT2D eigenvalue weighted by Crippen LogP contribution is -2.40. The summed E-state index contributed by atoms with van der Waals surface area (Å²) in [5, 5.41) is 7.31. The Morgan fingerprint density at radius 3 is 2.96 bits per heavy atom. The van der Waals surface area contributed by atoms with Crippen molar-refractivity contribution in [3.8, 4) is 5.75 Å². The number of nitrogens with zero attached hydrogens (tertiary/aromatic N) is 3. The monoisotopic (exact) mass is 350 g/mol. The van der Waals surface area contributed by atoms with Crippen molar-refractivity contribution in [1.82, 2.24) is 20.1 Å². The lowest BCUT2D eigenvalue weighted by atomic mass is 10.1. The summed E-state index contributed by atoms with van der Waals surface area (Å²) in [6.07, 6.45) is 1.54. The number of benzene rings is 1. The Balaban J connectivity index is 1.66. The molecule has 1 aliphatic heterocycles. The summed E-state index contributed by atoms with van der Waals surface area (Å²) in [4.78, 5) is 16.9. The molecule has 0 radical (unpaired) electrons. The summed E-state index contributed by atoms with van der Waals surface area (Å²) >= 11 is 0. The minimum atomic E-state index is -1.02. The molecule has 1 amide bonds. The molecule has 3 rings (SSSR count). The van der Waals surface area contributed by atoms with Crippen LogP contribution in [0.3, 0.4) is 0 Å². The first-order valence-corrected chi connectivity index (χ1v) is 8.33. The second kappa shape index (κ2) is 7.16. The van der Waals surface area contributed by atoms with Gasteiger partial charge in [0.2, 0.25) is 0 Å². The summed E-state index contributed by atoms with van der Waals surface area (Å²) in [5.41, 5.74) is 0. The molecule has 0 bridgehead atoms. The number of fused-ring (bicyclic) bond motifs is 1. The fraction of sp³-hybridized carbons (Fsp3) is 0.471. The Hall–Kier alpha value is -2.51. The number of hydrogen-bond acceptors (Lipinski definition) is 4. The summed E-state index contributed by atoms with van der Waals surface area (Å²) in [6.45, 7) is 4.32. The minimum Gasteiger partial charge on any atom is -0.481 e. The van der Waals surface area contributed by atoms with Crippen LogP contribution < -0.4 is 10.1 Å². The number of halogens is 2. The highest BCUT2D eigenvalue weighted by Gasteiger charge is 2.27. The number of ether oxygens (including phenoxy) is 1. The van der Waals surface area contributed by atoms with Crippen LogP contribution in [-0.2, 0) is 17.8 Å². The number of aromatic nitrogens is 3. The molecular formula is C17H20F2N4O2. The third kappa shape index (κ3) is 3.78. The Labute approximate surface area is 144 Å². The molecule has 1 aromatic heterocycles. The Bertz CT molecular complexity index is 778. The van der Waals surface area contributed by atoms with Crippen molar-refractivity contribution in [2.75, 3.05) is 0 Å². The highest BCUT2D eigenvalue weighted by molar-refractivity contribution is 5.81. The van der Waals surface area contributed by atoms with Crippen LogP contribution in [0.4, 0.5) is 8.78 Å². The zero-order valence-electron chi connectivity index (χ0n) is 14.1. The second-order valence-corrected chi connectivity index (χ2v) is 6.00. The molecule has 0 spiro atoms. The van der Waals surface area contributed by atoms with Gasteiger partial charge in [0.25, 0.3) is 5.91 Å². The number of hydrogen-bond donors (Lipinski definition) is 1. The van der Waals surface area contributed by atoms with Crippen LogP contribution in [0.15, 0.2) is 18.2 Å². The summed E-state index contributed by atoms with van der Waals surface area (Å²) in [5.74, 6) is -0.722. The van der Waals surface area contributed by atoms with Crippen LogP contribution >= 0.6 is 0 Å². The molecule has 0 saturated heterocycles. The predicted molar refractivity (Wildman–Crippen MR) is 86.0 cm³/mol. The molecule has 0 aliphatic carbocycles. The summed E-state index contributed by atoms with van der Waals surface area (Å²) < 4.78 is 33.4. The fourth-order valence-electron chi connectivity index (χ4n) is 2.78. The van der Waals surface area contributed by atoms with Crippen LogP contribution in [0.5, 0.6) is 5.75 Å². The fourth-order valence-corrected chi connectivity index (χ4v) is 2.78. The van der Waals surface area contributed by atoms with E-state index in [2.05, 4.69) is 15.4 Å². The molecule has 2 aromatic rings. The van der Waals surface area contributed by atoms with Gasteiger partial charge < -0.3 is 10.1 Å². The lowest BCUT2D eigenvalue weighted by Gasteiger charge is -2.24. The van der Waals surface area contributed by atoms with Crippen molar-refractivity contribution in [2.24, 2.45) is 0 Å². The highest BCUT2D eigenvalue weighted by Crippen LogP contribution is 2.24. The predicted octanol–water partition coefficient (Wildman–Crippen LogP) is 2.54. The zero-order chi connectivity index (χ0) is 18.0. The van der Waals surface area contributed by atoms with E-state index in [4.69, 9.17) is 4.74 Å². The van der Waals surface area contributed by atoms with E-state index in [9.17, 15) is 13.6 Å². The molecule has 8 heteroatoms. The van der Waals surface area contributed by atoms with E-state index in [1.165, 1.54) is 6.07 Å². The van der Waals surface area contributed by atoms with Crippen molar-refractivity contribution < 1.29 is 18.3 Å². The zero-order valence-corrected chi connectivity index (χ0v) is 14.1. The van der Waals surface area contributed by atoms with E-state index in [0.717, 1.165) is 49.6 Å². The van der Waals surface area contributed by atoms with Crippen molar-refractivity contribution in [2.45, 2.75) is 51.8 Å². The van der Waals surface area contributed by atoms with E-state index >= 15 is 0 Å². The Morgan fingerprint density at radius 2 is 2.24 bits per heavy atom. The standard InChI is InChI=1S/C17H20F2N4O2/c1-3-15-21-16-14(5-4-8-23(16)22-15)20-17(24)10(2)25-11-6-7-12(18)13(19)9-11/h6-7,9-10,14H,3-5,8H2,1-2H3,(H,20,24)/t10-,14+/m0/s1. The normalized spacial score (nSPS) is 17.7. The van der Waals surface area contributed by atoms with E-state index in [1.807, 2.05) is 11.6 Å². The van der Waals surface area contributed by atoms with Gasteiger partial charge in [-0.2, -0.15) is 5.10 Å². The van der Waals surface area contributed by atoms with Gasteiger partial charge in [-0.1, -0.05) is 6.92 Å². The first kappa shape index (κ1) is 17.3. The minimum absolute atomic E-state index is 0.0987. The van der Waals surface area contributed by atoms with E-state index in [0.29, 0.717) is 0 Å². The number of amides is 1. The van der Waals surface area contributed by atoms with Gasteiger partial charge >= 0.3 is 0 Å². The number of aryl methyl sites for hydroxylation is 2. The first-order valence-electron chi connectivity index (χ1n) is 8.33. The van der Waals surface area contributed by atoms with Crippen LogP contribution in [0, 0.1) is 11.6 Å².